The number of amides is 2. The van der Waals surface area contributed by atoms with Gasteiger partial charge in [-0.15, -0.1) is 0 Å². The van der Waals surface area contributed by atoms with E-state index in [1.54, 1.807) is 30.2 Å². The van der Waals surface area contributed by atoms with Crippen molar-refractivity contribution in [2.75, 3.05) is 31.6 Å². The molecule has 0 aromatic heterocycles. The lowest BCUT2D eigenvalue weighted by atomic mass is 9.82. The van der Waals surface area contributed by atoms with Gasteiger partial charge in [-0.05, 0) is 37.3 Å². The Kier molecular flexibility index (Phi) is 5.35. The van der Waals surface area contributed by atoms with Gasteiger partial charge >= 0.3 is 0 Å². The quantitative estimate of drug-likeness (QED) is 0.720. The van der Waals surface area contributed by atoms with Gasteiger partial charge in [-0.25, -0.2) is 0 Å². The number of aryl methyl sites for hydroxylation is 1. The Balaban J connectivity index is 1.23. The summed E-state index contributed by atoms with van der Waals surface area (Å²) >= 11 is 0. The fourth-order valence-electron chi connectivity index (χ4n) is 5.12. The Labute approximate surface area is 193 Å². The summed E-state index contributed by atoms with van der Waals surface area (Å²) in [6.45, 7) is 3.45. The van der Waals surface area contributed by atoms with Crippen molar-refractivity contribution in [3.8, 4) is 11.5 Å². The molecular weight excluding hydrogens is 420 g/mol. The van der Waals surface area contributed by atoms with Crippen molar-refractivity contribution in [1.82, 2.24) is 4.90 Å². The zero-order valence-corrected chi connectivity index (χ0v) is 19.0. The van der Waals surface area contributed by atoms with E-state index < -0.39 is 5.60 Å². The molecule has 0 aliphatic carbocycles. The number of anilines is 1. The van der Waals surface area contributed by atoms with Crippen LogP contribution in [-0.4, -0.2) is 54.8 Å². The first-order valence-corrected chi connectivity index (χ1v) is 11.4. The van der Waals surface area contributed by atoms with Crippen LogP contribution in [0.25, 0.3) is 0 Å². The summed E-state index contributed by atoms with van der Waals surface area (Å²) in [5.74, 6) is 0.925. The van der Waals surface area contributed by atoms with Crippen LogP contribution >= 0.6 is 0 Å². The molecular formula is C26H28N2O5. The van der Waals surface area contributed by atoms with Crippen LogP contribution in [0.3, 0.4) is 0 Å². The number of carbonyl (C=O) groups excluding carboxylic acids is 3. The van der Waals surface area contributed by atoms with Crippen LogP contribution in [0.5, 0.6) is 11.5 Å². The number of hydrogen-bond acceptors (Lipinski definition) is 5. The van der Waals surface area contributed by atoms with E-state index >= 15 is 0 Å². The number of carbonyl (C=O) groups is 3. The van der Waals surface area contributed by atoms with E-state index in [4.69, 9.17) is 9.47 Å². The van der Waals surface area contributed by atoms with E-state index in [1.807, 2.05) is 36.1 Å². The molecule has 5 rings (SSSR count). The molecule has 7 nitrogen and oxygen atoms in total. The number of piperidine rings is 1. The van der Waals surface area contributed by atoms with Crippen LogP contribution in [0.1, 0.15) is 41.6 Å². The number of ether oxygens (including phenoxy) is 2. The maximum absolute atomic E-state index is 13.2. The van der Waals surface area contributed by atoms with Gasteiger partial charge in [0.25, 0.3) is 0 Å². The van der Waals surface area contributed by atoms with E-state index in [9.17, 15) is 14.4 Å². The summed E-state index contributed by atoms with van der Waals surface area (Å²) in [6, 6.07) is 13.1. The Morgan fingerprint density at radius 2 is 1.82 bits per heavy atom. The van der Waals surface area contributed by atoms with Crippen molar-refractivity contribution in [3.05, 3.63) is 53.6 Å². The summed E-state index contributed by atoms with van der Waals surface area (Å²) in [6.07, 6.45) is 1.73. The Morgan fingerprint density at radius 3 is 2.52 bits per heavy atom. The van der Waals surface area contributed by atoms with Crippen molar-refractivity contribution in [1.29, 1.82) is 0 Å². The molecule has 172 valence electrons. The fraction of sp³-hybridized carbons (Fsp3) is 0.423. The molecule has 2 saturated heterocycles. The zero-order chi connectivity index (χ0) is 23.2. The number of rotatable bonds is 3. The topological polar surface area (TPSA) is 76.2 Å². The smallest absolute Gasteiger partial charge is 0.228 e. The van der Waals surface area contributed by atoms with Crippen LogP contribution in [0.4, 0.5) is 5.69 Å². The molecule has 2 aromatic rings. The van der Waals surface area contributed by atoms with E-state index in [-0.39, 0.29) is 29.9 Å². The largest absolute Gasteiger partial charge is 0.497 e. The van der Waals surface area contributed by atoms with Crippen molar-refractivity contribution in [2.24, 2.45) is 5.92 Å². The molecule has 2 aromatic carbocycles. The summed E-state index contributed by atoms with van der Waals surface area (Å²) in [7, 11) is 1.57. The first-order valence-electron chi connectivity index (χ1n) is 11.4. The lowest BCUT2D eigenvalue weighted by molar-refractivity contribution is -0.139. The highest BCUT2D eigenvalue weighted by Gasteiger charge is 2.45. The Hall–Kier alpha value is -3.35. The first-order chi connectivity index (χ1) is 15.9. The number of ketones is 1. The lowest BCUT2D eigenvalue weighted by Crippen LogP contribution is -2.53. The Morgan fingerprint density at radius 1 is 1.09 bits per heavy atom. The van der Waals surface area contributed by atoms with Crippen molar-refractivity contribution < 1.29 is 23.9 Å². The van der Waals surface area contributed by atoms with Crippen molar-refractivity contribution in [3.63, 3.8) is 0 Å². The maximum Gasteiger partial charge on any atom is 0.228 e. The molecule has 33 heavy (non-hydrogen) atoms. The molecule has 3 aliphatic heterocycles. The molecule has 1 unspecified atom stereocenters. The highest BCUT2D eigenvalue weighted by Crippen LogP contribution is 2.41. The number of benzene rings is 2. The van der Waals surface area contributed by atoms with Crippen molar-refractivity contribution in [2.45, 2.75) is 38.2 Å². The molecule has 0 radical (unpaired) electrons. The van der Waals surface area contributed by atoms with Gasteiger partial charge in [0.05, 0.1) is 25.0 Å². The van der Waals surface area contributed by atoms with Gasteiger partial charge < -0.3 is 19.3 Å². The predicted molar refractivity (Wildman–Crippen MR) is 123 cm³/mol. The second-order valence-electron chi connectivity index (χ2n) is 9.31. The number of hydrogen-bond donors (Lipinski definition) is 0. The third-order valence-corrected chi connectivity index (χ3v) is 7.10. The second-order valence-corrected chi connectivity index (χ2v) is 9.31. The summed E-state index contributed by atoms with van der Waals surface area (Å²) < 4.78 is 11.5. The minimum atomic E-state index is -0.575. The predicted octanol–water partition coefficient (Wildman–Crippen LogP) is 3.38. The van der Waals surface area contributed by atoms with Crippen LogP contribution in [0.2, 0.25) is 0 Å². The van der Waals surface area contributed by atoms with Crippen LogP contribution < -0.4 is 14.4 Å². The molecule has 0 bridgehead atoms. The average Bonchev–Trinajstić information content (AvgIpc) is 3.21. The van der Waals surface area contributed by atoms with Gasteiger partial charge in [0.1, 0.15) is 17.1 Å². The number of likely N-dealkylation sites (tertiary alicyclic amines) is 1. The van der Waals surface area contributed by atoms with Gasteiger partial charge in [-0.2, -0.15) is 0 Å². The summed E-state index contributed by atoms with van der Waals surface area (Å²) in [5, 5.41) is 0. The standard InChI is InChI=1S/C26H28N2O5/c1-17-3-5-19(6-4-17)28-16-18(13-24(28)30)25(31)27-11-9-26(10-12-27)15-22(29)21-14-20(32-2)7-8-23(21)33-26/h3-8,14,18H,9-13,15-16H2,1-2H3. The molecule has 2 fully saturated rings. The van der Waals surface area contributed by atoms with Gasteiger partial charge in [0.15, 0.2) is 5.78 Å². The summed E-state index contributed by atoms with van der Waals surface area (Å²) in [5.41, 5.74) is 1.95. The van der Waals surface area contributed by atoms with Gasteiger partial charge in [0, 0.05) is 44.6 Å². The molecule has 3 heterocycles. The second kappa shape index (κ2) is 8.21. The van der Waals surface area contributed by atoms with E-state index in [2.05, 4.69) is 0 Å². The van der Waals surface area contributed by atoms with Gasteiger partial charge in [-0.1, -0.05) is 17.7 Å². The minimum absolute atomic E-state index is 0.0140. The normalized spacial score (nSPS) is 21.7. The molecule has 0 saturated carbocycles. The molecule has 7 heteroatoms. The molecule has 2 amide bonds. The van der Waals surface area contributed by atoms with Gasteiger partial charge in [0.2, 0.25) is 11.8 Å². The number of fused-ring (bicyclic) bond motifs is 1. The highest BCUT2D eigenvalue weighted by atomic mass is 16.5. The fourth-order valence-corrected chi connectivity index (χ4v) is 5.12. The Bertz CT molecular complexity index is 1100. The third kappa shape index (κ3) is 3.96. The molecule has 3 aliphatic rings. The molecule has 1 atom stereocenters. The van der Waals surface area contributed by atoms with Crippen LogP contribution in [-0.2, 0) is 9.59 Å². The van der Waals surface area contributed by atoms with Crippen LogP contribution in [0, 0.1) is 12.8 Å². The van der Waals surface area contributed by atoms with E-state index in [1.165, 1.54) is 0 Å². The molecule has 1 spiro atoms. The highest BCUT2D eigenvalue weighted by molar-refractivity contribution is 6.01. The monoisotopic (exact) mass is 448 g/mol. The SMILES string of the molecule is COc1ccc2c(c1)C(=O)CC1(CCN(C(=O)C3CC(=O)N(c4ccc(C)cc4)C3)CC1)O2. The third-order valence-electron chi connectivity index (χ3n) is 7.10. The van der Waals surface area contributed by atoms with E-state index in [0.29, 0.717) is 56.0 Å². The number of methoxy groups -OCH3 is 1. The van der Waals surface area contributed by atoms with E-state index in [0.717, 1.165) is 11.3 Å². The minimum Gasteiger partial charge on any atom is -0.497 e. The number of nitrogens with zero attached hydrogens (tertiary/aromatic N) is 2. The van der Waals surface area contributed by atoms with Crippen molar-refractivity contribution >= 4 is 23.3 Å². The first kappa shape index (κ1) is 21.5. The van der Waals surface area contributed by atoms with Crippen LogP contribution in [0.15, 0.2) is 42.5 Å². The lowest BCUT2D eigenvalue weighted by Gasteiger charge is -2.44. The summed E-state index contributed by atoms with van der Waals surface area (Å²) in [4.78, 5) is 42.2. The maximum atomic E-state index is 13.2. The average molecular weight is 449 g/mol. The molecule has 0 N–H and O–H groups in total. The van der Waals surface area contributed by atoms with Gasteiger partial charge in [-0.3, -0.25) is 14.4 Å². The zero-order valence-electron chi connectivity index (χ0n) is 19.0. The number of Topliss-reactive ketones (excluding diaryl/α,β-unsaturated/α-hetero) is 1.